The quantitative estimate of drug-likeness (QED) is 0.807. The van der Waals surface area contributed by atoms with Crippen LogP contribution in [0.4, 0.5) is 0 Å². The number of amides is 1. The molecule has 4 heteroatoms. The minimum atomic E-state index is -0.447. The van der Waals surface area contributed by atoms with Crippen molar-refractivity contribution in [1.82, 2.24) is 5.32 Å². The van der Waals surface area contributed by atoms with E-state index in [0.29, 0.717) is 13.0 Å². The van der Waals surface area contributed by atoms with E-state index in [2.05, 4.69) is 5.32 Å². The van der Waals surface area contributed by atoms with Crippen LogP contribution in [-0.4, -0.2) is 23.7 Å². The minimum Gasteiger partial charge on any atom is -0.392 e. The van der Waals surface area contributed by atoms with Crippen molar-refractivity contribution >= 4 is 5.91 Å². The summed E-state index contributed by atoms with van der Waals surface area (Å²) in [5, 5.41) is 11.9. The number of benzene rings is 1. The first kappa shape index (κ1) is 14.7. The lowest BCUT2D eigenvalue weighted by Gasteiger charge is -2.21. The van der Waals surface area contributed by atoms with Crippen LogP contribution in [0.2, 0.25) is 0 Å². The highest BCUT2D eigenvalue weighted by Crippen LogP contribution is 2.12. The van der Waals surface area contributed by atoms with Crippen molar-refractivity contribution in [3.05, 3.63) is 35.4 Å². The Hall–Kier alpha value is -1.39. The zero-order valence-electron chi connectivity index (χ0n) is 11.2. The summed E-state index contributed by atoms with van der Waals surface area (Å²) in [6, 6.07) is 7.51. The molecule has 0 bridgehead atoms. The molecule has 100 valence electrons. The molecular formula is C14H21NO3. The maximum absolute atomic E-state index is 11.7. The van der Waals surface area contributed by atoms with Crippen LogP contribution in [0.15, 0.2) is 24.3 Å². The highest BCUT2D eigenvalue weighted by molar-refractivity contribution is 5.76. The standard InChI is InChI=1S/C14H21NO3/c1-14(2,18-3)8-13(17)15-9-11-5-4-6-12(7-11)10-16/h4-7,16H,8-10H2,1-3H3,(H,15,17). The zero-order chi connectivity index (χ0) is 13.6. The first-order chi connectivity index (χ1) is 8.46. The second-order valence-electron chi connectivity index (χ2n) is 4.90. The monoisotopic (exact) mass is 251 g/mol. The molecule has 0 aliphatic heterocycles. The first-order valence-electron chi connectivity index (χ1n) is 5.97. The molecule has 0 spiro atoms. The summed E-state index contributed by atoms with van der Waals surface area (Å²) in [6.07, 6.45) is 0.323. The van der Waals surface area contributed by atoms with Crippen LogP contribution in [0, 0.1) is 0 Å². The molecule has 1 aromatic rings. The van der Waals surface area contributed by atoms with Crippen molar-refractivity contribution in [1.29, 1.82) is 0 Å². The van der Waals surface area contributed by atoms with Gasteiger partial charge in [0, 0.05) is 13.7 Å². The van der Waals surface area contributed by atoms with E-state index in [1.807, 2.05) is 38.1 Å². The van der Waals surface area contributed by atoms with E-state index in [-0.39, 0.29) is 12.5 Å². The fourth-order valence-corrected chi connectivity index (χ4v) is 1.56. The molecule has 0 radical (unpaired) electrons. The van der Waals surface area contributed by atoms with Gasteiger partial charge in [0.15, 0.2) is 0 Å². The van der Waals surface area contributed by atoms with Crippen LogP contribution in [0.25, 0.3) is 0 Å². The Morgan fingerprint density at radius 3 is 2.67 bits per heavy atom. The summed E-state index contributed by atoms with van der Waals surface area (Å²) in [4.78, 5) is 11.7. The van der Waals surface area contributed by atoms with E-state index in [0.717, 1.165) is 11.1 Å². The third kappa shape index (κ3) is 4.85. The maximum atomic E-state index is 11.7. The topological polar surface area (TPSA) is 58.6 Å². The second-order valence-corrected chi connectivity index (χ2v) is 4.90. The fourth-order valence-electron chi connectivity index (χ4n) is 1.56. The number of nitrogens with one attached hydrogen (secondary N) is 1. The molecule has 0 atom stereocenters. The van der Waals surface area contributed by atoms with Gasteiger partial charge in [-0.15, -0.1) is 0 Å². The van der Waals surface area contributed by atoms with Gasteiger partial charge in [0.2, 0.25) is 5.91 Å². The summed E-state index contributed by atoms with van der Waals surface area (Å²) in [6.45, 7) is 4.23. The largest absolute Gasteiger partial charge is 0.392 e. The van der Waals surface area contributed by atoms with Crippen LogP contribution < -0.4 is 5.32 Å². The number of aliphatic hydroxyl groups is 1. The normalized spacial score (nSPS) is 11.3. The predicted molar refractivity (Wildman–Crippen MR) is 69.9 cm³/mol. The number of hydrogen-bond acceptors (Lipinski definition) is 3. The highest BCUT2D eigenvalue weighted by atomic mass is 16.5. The maximum Gasteiger partial charge on any atom is 0.223 e. The zero-order valence-corrected chi connectivity index (χ0v) is 11.2. The lowest BCUT2D eigenvalue weighted by atomic mass is 10.0. The van der Waals surface area contributed by atoms with Crippen LogP contribution in [0.5, 0.6) is 0 Å². The van der Waals surface area contributed by atoms with Crippen molar-refractivity contribution in [3.63, 3.8) is 0 Å². The van der Waals surface area contributed by atoms with E-state index in [1.165, 1.54) is 0 Å². The molecule has 1 amide bonds. The Bertz CT molecular complexity index is 402. The van der Waals surface area contributed by atoms with Crippen LogP contribution in [0.1, 0.15) is 31.4 Å². The Balaban J connectivity index is 2.47. The van der Waals surface area contributed by atoms with Gasteiger partial charge < -0.3 is 15.2 Å². The predicted octanol–water partition coefficient (Wildman–Crippen LogP) is 1.61. The number of ether oxygens (including phenoxy) is 1. The van der Waals surface area contributed by atoms with Gasteiger partial charge in [-0.2, -0.15) is 0 Å². The van der Waals surface area contributed by atoms with E-state index in [4.69, 9.17) is 9.84 Å². The summed E-state index contributed by atoms with van der Waals surface area (Å²) in [5.41, 5.74) is 1.38. The SMILES string of the molecule is COC(C)(C)CC(=O)NCc1cccc(CO)c1. The molecular weight excluding hydrogens is 230 g/mol. The molecule has 0 saturated heterocycles. The molecule has 4 nitrogen and oxygen atoms in total. The fraction of sp³-hybridized carbons (Fsp3) is 0.500. The number of rotatable bonds is 6. The van der Waals surface area contributed by atoms with Crippen molar-refractivity contribution in [2.75, 3.05) is 7.11 Å². The molecule has 2 N–H and O–H groups in total. The van der Waals surface area contributed by atoms with E-state index >= 15 is 0 Å². The highest BCUT2D eigenvalue weighted by Gasteiger charge is 2.20. The van der Waals surface area contributed by atoms with Gasteiger partial charge in [-0.25, -0.2) is 0 Å². The van der Waals surface area contributed by atoms with Crippen LogP contribution in [0.3, 0.4) is 0 Å². The average molecular weight is 251 g/mol. The smallest absolute Gasteiger partial charge is 0.223 e. The molecule has 18 heavy (non-hydrogen) atoms. The van der Waals surface area contributed by atoms with Gasteiger partial charge >= 0.3 is 0 Å². The van der Waals surface area contributed by atoms with Gasteiger partial charge in [0.05, 0.1) is 18.6 Å². The molecule has 1 aromatic carbocycles. The van der Waals surface area contributed by atoms with Gasteiger partial charge in [-0.05, 0) is 25.0 Å². The van der Waals surface area contributed by atoms with Gasteiger partial charge in [0.25, 0.3) is 0 Å². The molecule has 1 rings (SSSR count). The molecule has 0 aliphatic carbocycles. The third-order valence-corrected chi connectivity index (χ3v) is 2.80. The van der Waals surface area contributed by atoms with Crippen molar-refractivity contribution in [3.8, 4) is 0 Å². The number of aliphatic hydroxyl groups excluding tert-OH is 1. The molecule has 0 saturated carbocycles. The number of methoxy groups -OCH3 is 1. The average Bonchev–Trinajstić information content (AvgIpc) is 2.36. The lowest BCUT2D eigenvalue weighted by molar-refractivity contribution is -0.126. The Morgan fingerprint density at radius 1 is 1.39 bits per heavy atom. The van der Waals surface area contributed by atoms with Crippen molar-refractivity contribution in [2.24, 2.45) is 0 Å². The van der Waals surface area contributed by atoms with Gasteiger partial charge in [-0.3, -0.25) is 4.79 Å². The summed E-state index contributed by atoms with van der Waals surface area (Å²) in [7, 11) is 1.60. The second kappa shape index (κ2) is 6.52. The van der Waals surface area contributed by atoms with Crippen molar-refractivity contribution < 1.29 is 14.6 Å². The number of carbonyl (C=O) groups is 1. The summed E-state index contributed by atoms with van der Waals surface area (Å²) >= 11 is 0. The first-order valence-corrected chi connectivity index (χ1v) is 5.97. The molecule has 0 unspecified atom stereocenters. The summed E-state index contributed by atoms with van der Waals surface area (Å²) in [5.74, 6) is -0.0451. The molecule has 0 heterocycles. The molecule has 0 aromatic heterocycles. The molecule has 0 aliphatic rings. The van der Waals surface area contributed by atoms with Gasteiger partial charge in [-0.1, -0.05) is 24.3 Å². The number of carbonyl (C=O) groups excluding carboxylic acids is 1. The van der Waals surface area contributed by atoms with Crippen LogP contribution >= 0.6 is 0 Å². The summed E-state index contributed by atoms with van der Waals surface area (Å²) < 4.78 is 5.20. The molecule has 0 fully saturated rings. The number of hydrogen-bond donors (Lipinski definition) is 2. The van der Waals surface area contributed by atoms with Crippen LogP contribution in [-0.2, 0) is 22.7 Å². The Labute approximate surface area is 108 Å². The Kier molecular flexibility index (Phi) is 5.31. The van der Waals surface area contributed by atoms with E-state index in [9.17, 15) is 4.79 Å². The van der Waals surface area contributed by atoms with Crippen molar-refractivity contribution in [2.45, 2.75) is 39.0 Å². The third-order valence-electron chi connectivity index (χ3n) is 2.80. The van der Waals surface area contributed by atoms with E-state index < -0.39 is 5.60 Å². The van der Waals surface area contributed by atoms with E-state index in [1.54, 1.807) is 7.11 Å². The Morgan fingerprint density at radius 2 is 2.06 bits per heavy atom. The van der Waals surface area contributed by atoms with Gasteiger partial charge in [0.1, 0.15) is 0 Å². The lowest BCUT2D eigenvalue weighted by Crippen LogP contribution is -2.33. The minimum absolute atomic E-state index is 0.0124.